The van der Waals surface area contributed by atoms with E-state index in [-0.39, 0.29) is 5.91 Å². The Hall–Kier alpha value is -1.79. The van der Waals surface area contributed by atoms with Gasteiger partial charge < -0.3 is 5.32 Å². The lowest BCUT2D eigenvalue weighted by molar-refractivity contribution is 0.0934. The SMILES string of the molecule is O=C(NCC1CCCN(Cc2cccc(F)c2F)C1)c1cccs1. The van der Waals surface area contributed by atoms with Gasteiger partial charge in [0.05, 0.1) is 4.88 Å². The molecule has 0 aliphatic carbocycles. The van der Waals surface area contributed by atoms with E-state index in [0.717, 1.165) is 32.0 Å². The minimum Gasteiger partial charge on any atom is -0.351 e. The van der Waals surface area contributed by atoms with E-state index < -0.39 is 11.6 Å². The molecule has 2 aromatic rings. The van der Waals surface area contributed by atoms with Crippen molar-refractivity contribution in [2.75, 3.05) is 19.6 Å². The molecule has 3 nitrogen and oxygen atoms in total. The molecular weight excluding hydrogens is 330 g/mol. The van der Waals surface area contributed by atoms with Gasteiger partial charge in [-0.2, -0.15) is 0 Å². The highest BCUT2D eigenvalue weighted by molar-refractivity contribution is 7.12. The zero-order chi connectivity index (χ0) is 16.9. The Bertz CT molecular complexity index is 690. The molecule has 6 heteroatoms. The van der Waals surface area contributed by atoms with Crippen molar-refractivity contribution in [3.8, 4) is 0 Å². The molecule has 1 unspecified atom stereocenters. The summed E-state index contributed by atoms with van der Waals surface area (Å²) in [6.07, 6.45) is 2.03. The van der Waals surface area contributed by atoms with E-state index in [0.29, 0.717) is 29.4 Å². The van der Waals surface area contributed by atoms with Crippen LogP contribution in [0.15, 0.2) is 35.7 Å². The smallest absolute Gasteiger partial charge is 0.261 e. The number of hydrogen-bond acceptors (Lipinski definition) is 3. The average Bonchev–Trinajstić information content (AvgIpc) is 3.12. The van der Waals surface area contributed by atoms with Crippen LogP contribution >= 0.6 is 11.3 Å². The molecule has 0 radical (unpaired) electrons. The molecule has 0 bridgehead atoms. The van der Waals surface area contributed by atoms with Crippen LogP contribution in [0, 0.1) is 17.6 Å². The lowest BCUT2D eigenvalue weighted by Crippen LogP contribution is -2.40. The molecule has 2 heterocycles. The van der Waals surface area contributed by atoms with Crippen LogP contribution in [0.4, 0.5) is 8.78 Å². The van der Waals surface area contributed by atoms with Gasteiger partial charge in [0.15, 0.2) is 11.6 Å². The Morgan fingerprint density at radius 1 is 1.29 bits per heavy atom. The van der Waals surface area contributed by atoms with Gasteiger partial charge in [-0.05, 0) is 42.8 Å². The molecule has 0 spiro atoms. The summed E-state index contributed by atoms with van der Waals surface area (Å²) in [7, 11) is 0. The average molecular weight is 350 g/mol. The Kier molecular flexibility index (Phi) is 5.58. The molecule has 1 amide bonds. The number of piperidine rings is 1. The molecule has 1 N–H and O–H groups in total. The van der Waals surface area contributed by atoms with Crippen LogP contribution in [-0.2, 0) is 6.54 Å². The number of nitrogens with zero attached hydrogens (tertiary/aromatic N) is 1. The van der Waals surface area contributed by atoms with Crippen LogP contribution in [0.25, 0.3) is 0 Å². The van der Waals surface area contributed by atoms with Crippen molar-refractivity contribution in [2.45, 2.75) is 19.4 Å². The maximum absolute atomic E-state index is 13.8. The number of carbonyl (C=O) groups excluding carboxylic acids is 1. The number of amides is 1. The van der Waals surface area contributed by atoms with Crippen LogP contribution in [0.2, 0.25) is 0 Å². The normalized spacial score (nSPS) is 18.5. The number of nitrogens with one attached hydrogen (secondary N) is 1. The van der Waals surface area contributed by atoms with Crippen LogP contribution < -0.4 is 5.32 Å². The number of hydrogen-bond donors (Lipinski definition) is 1. The third-order valence-electron chi connectivity index (χ3n) is 4.32. The first kappa shape index (κ1) is 17.0. The summed E-state index contributed by atoms with van der Waals surface area (Å²) in [5.74, 6) is -1.27. The zero-order valence-corrected chi connectivity index (χ0v) is 14.1. The van der Waals surface area contributed by atoms with Crippen LogP contribution in [-0.4, -0.2) is 30.4 Å². The van der Waals surface area contributed by atoms with E-state index in [1.165, 1.54) is 17.4 Å². The summed E-state index contributed by atoms with van der Waals surface area (Å²) in [5.41, 5.74) is 0.387. The minimum atomic E-state index is -0.802. The molecule has 0 saturated carbocycles. The monoisotopic (exact) mass is 350 g/mol. The highest BCUT2D eigenvalue weighted by Crippen LogP contribution is 2.20. The van der Waals surface area contributed by atoms with E-state index >= 15 is 0 Å². The third kappa shape index (κ3) is 4.19. The van der Waals surface area contributed by atoms with Gasteiger partial charge in [0.25, 0.3) is 5.91 Å². The fourth-order valence-electron chi connectivity index (χ4n) is 3.10. The molecule has 1 fully saturated rings. The molecule has 1 aromatic heterocycles. The molecule has 1 aromatic carbocycles. The second kappa shape index (κ2) is 7.85. The Balaban J connectivity index is 1.52. The van der Waals surface area contributed by atoms with Gasteiger partial charge in [-0.15, -0.1) is 11.3 Å². The predicted molar refractivity (Wildman–Crippen MR) is 91.0 cm³/mol. The molecule has 1 saturated heterocycles. The summed E-state index contributed by atoms with van der Waals surface area (Å²) in [5, 5.41) is 4.85. The molecular formula is C18H20F2N2OS. The minimum absolute atomic E-state index is 0.0432. The maximum Gasteiger partial charge on any atom is 0.261 e. The van der Waals surface area contributed by atoms with Crippen molar-refractivity contribution in [3.05, 3.63) is 57.8 Å². The van der Waals surface area contributed by atoms with E-state index in [1.807, 2.05) is 11.4 Å². The number of carbonyl (C=O) groups is 1. The van der Waals surface area contributed by atoms with Crippen molar-refractivity contribution >= 4 is 17.2 Å². The fraction of sp³-hybridized carbons (Fsp3) is 0.389. The van der Waals surface area contributed by atoms with Crippen molar-refractivity contribution in [1.82, 2.24) is 10.2 Å². The highest BCUT2D eigenvalue weighted by atomic mass is 32.1. The van der Waals surface area contributed by atoms with Gasteiger partial charge in [0, 0.05) is 25.2 Å². The lowest BCUT2D eigenvalue weighted by Gasteiger charge is -2.32. The zero-order valence-electron chi connectivity index (χ0n) is 13.3. The van der Waals surface area contributed by atoms with Gasteiger partial charge in [-0.25, -0.2) is 8.78 Å². The quantitative estimate of drug-likeness (QED) is 0.892. The summed E-state index contributed by atoms with van der Waals surface area (Å²) < 4.78 is 27.1. The predicted octanol–water partition coefficient (Wildman–Crippen LogP) is 3.67. The molecule has 128 valence electrons. The summed E-state index contributed by atoms with van der Waals surface area (Å²) in [4.78, 5) is 14.8. The summed E-state index contributed by atoms with van der Waals surface area (Å²) in [6.45, 7) is 2.66. The summed E-state index contributed by atoms with van der Waals surface area (Å²) in [6, 6.07) is 7.96. The van der Waals surface area contributed by atoms with Crippen molar-refractivity contribution in [3.63, 3.8) is 0 Å². The van der Waals surface area contributed by atoms with Gasteiger partial charge in [0.2, 0.25) is 0 Å². The number of likely N-dealkylation sites (tertiary alicyclic amines) is 1. The van der Waals surface area contributed by atoms with Crippen molar-refractivity contribution < 1.29 is 13.6 Å². The second-order valence-electron chi connectivity index (χ2n) is 6.14. The Morgan fingerprint density at radius 3 is 2.96 bits per heavy atom. The first-order chi connectivity index (χ1) is 11.6. The third-order valence-corrected chi connectivity index (χ3v) is 5.19. The maximum atomic E-state index is 13.8. The molecule has 1 aliphatic heterocycles. The number of thiophene rings is 1. The first-order valence-electron chi connectivity index (χ1n) is 8.10. The molecule has 3 rings (SSSR count). The van der Waals surface area contributed by atoms with E-state index in [9.17, 15) is 13.6 Å². The topological polar surface area (TPSA) is 32.3 Å². The number of rotatable bonds is 5. The van der Waals surface area contributed by atoms with Gasteiger partial charge in [-0.1, -0.05) is 18.2 Å². The van der Waals surface area contributed by atoms with E-state index in [1.54, 1.807) is 12.1 Å². The van der Waals surface area contributed by atoms with Crippen molar-refractivity contribution in [1.29, 1.82) is 0 Å². The largest absolute Gasteiger partial charge is 0.351 e. The molecule has 1 atom stereocenters. The number of benzene rings is 1. The first-order valence-corrected chi connectivity index (χ1v) is 8.98. The highest BCUT2D eigenvalue weighted by Gasteiger charge is 2.22. The van der Waals surface area contributed by atoms with Crippen LogP contribution in [0.1, 0.15) is 28.1 Å². The van der Waals surface area contributed by atoms with Gasteiger partial charge in [-0.3, -0.25) is 9.69 Å². The van der Waals surface area contributed by atoms with Gasteiger partial charge >= 0.3 is 0 Å². The van der Waals surface area contributed by atoms with E-state index in [2.05, 4.69) is 10.2 Å². The van der Waals surface area contributed by atoms with E-state index in [4.69, 9.17) is 0 Å². The Labute approximate surface area is 144 Å². The molecule has 24 heavy (non-hydrogen) atoms. The van der Waals surface area contributed by atoms with Gasteiger partial charge in [0.1, 0.15) is 0 Å². The number of halogens is 2. The molecule has 1 aliphatic rings. The Morgan fingerprint density at radius 2 is 2.17 bits per heavy atom. The lowest BCUT2D eigenvalue weighted by atomic mass is 9.97. The summed E-state index contributed by atoms with van der Waals surface area (Å²) >= 11 is 1.42. The van der Waals surface area contributed by atoms with Crippen LogP contribution in [0.3, 0.4) is 0 Å². The standard InChI is InChI=1S/C18H20F2N2OS/c19-15-6-1-5-14(17(15)20)12-22-8-2-4-13(11-22)10-21-18(23)16-7-3-9-24-16/h1,3,5-7,9,13H,2,4,8,10-12H2,(H,21,23). The van der Waals surface area contributed by atoms with Crippen LogP contribution in [0.5, 0.6) is 0 Å². The second-order valence-corrected chi connectivity index (χ2v) is 7.09. The fourth-order valence-corrected chi connectivity index (χ4v) is 3.74. The van der Waals surface area contributed by atoms with Crippen molar-refractivity contribution in [2.24, 2.45) is 5.92 Å².